The average molecular weight is 402 g/mol. The normalized spacial score (nSPS) is 32.2. The smallest absolute Gasteiger partial charge is 0.164 e. The lowest BCUT2D eigenvalue weighted by Gasteiger charge is -2.33. The Kier molecular flexibility index (Phi) is 4.01. The molecule has 2 aliphatic heterocycles. The second kappa shape index (κ2) is 6.23. The van der Waals surface area contributed by atoms with Crippen molar-refractivity contribution in [2.45, 2.75) is 50.6 Å². The molecule has 28 heavy (non-hydrogen) atoms. The van der Waals surface area contributed by atoms with Gasteiger partial charge in [0.25, 0.3) is 0 Å². The van der Waals surface area contributed by atoms with Crippen molar-refractivity contribution in [2.75, 3.05) is 0 Å². The van der Waals surface area contributed by atoms with E-state index in [0.717, 1.165) is 22.2 Å². The number of aryl methyl sites for hydroxylation is 1. The maximum Gasteiger partial charge on any atom is 0.164 e. The molecule has 1 fully saturated rings. The van der Waals surface area contributed by atoms with E-state index in [9.17, 15) is 10.2 Å². The van der Waals surface area contributed by atoms with Crippen LogP contribution in [0.2, 0.25) is 5.02 Å². The van der Waals surface area contributed by atoms with Crippen molar-refractivity contribution in [1.29, 1.82) is 0 Å². The van der Waals surface area contributed by atoms with Gasteiger partial charge in [0.2, 0.25) is 0 Å². The standard InChI is InChI=1S/C20H20ClN3O4/c1-10-13-5-6-24(18(13)23-9-22-10)19-15(25)16(26)20(2,28-19)17-14-7-12(21)4-3-11(14)8-27-17/h3-7,9,15-17,19,25-26H,8H2,1-2H3/t15-,16+,17-,19-,20+/m1/s1. The Morgan fingerprint density at radius 3 is 2.89 bits per heavy atom. The van der Waals surface area contributed by atoms with E-state index in [2.05, 4.69) is 9.97 Å². The van der Waals surface area contributed by atoms with E-state index in [-0.39, 0.29) is 0 Å². The van der Waals surface area contributed by atoms with Crippen LogP contribution in [0.1, 0.15) is 36.1 Å². The van der Waals surface area contributed by atoms with Gasteiger partial charge >= 0.3 is 0 Å². The van der Waals surface area contributed by atoms with Crippen LogP contribution in [0.5, 0.6) is 0 Å². The summed E-state index contributed by atoms with van der Waals surface area (Å²) in [7, 11) is 0. The minimum atomic E-state index is -1.16. The summed E-state index contributed by atoms with van der Waals surface area (Å²) in [5.74, 6) is 0. The molecule has 1 aromatic carbocycles. The van der Waals surface area contributed by atoms with E-state index < -0.39 is 30.1 Å². The lowest BCUT2D eigenvalue weighted by atomic mass is 9.86. The molecule has 0 aliphatic carbocycles. The van der Waals surface area contributed by atoms with Gasteiger partial charge in [0.1, 0.15) is 35.9 Å². The molecular weight excluding hydrogens is 382 g/mol. The highest BCUT2D eigenvalue weighted by Crippen LogP contribution is 2.50. The van der Waals surface area contributed by atoms with Crippen molar-refractivity contribution < 1.29 is 19.7 Å². The topological polar surface area (TPSA) is 89.6 Å². The second-order valence-corrected chi connectivity index (χ2v) is 8.02. The van der Waals surface area contributed by atoms with Gasteiger partial charge in [-0.25, -0.2) is 9.97 Å². The molecule has 0 radical (unpaired) electrons. The SMILES string of the molecule is Cc1ncnc2c1ccn2[C@@H]1O[C@](C)([C@@H]2OCc3ccc(Cl)cc32)[C@@H](O)[C@H]1O. The third kappa shape index (κ3) is 2.44. The zero-order valence-electron chi connectivity index (χ0n) is 15.4. The summed E-state index contributed by atoms with van der Waals surface area (Å²) in [5.41, 5.74) is 2.20. The summed E-state index contributed by atoms with van der Waals surface area (Å²) < 4.78 is 14.0. The second-order valence-electron chi connectivity index (χ2n) is 7.58. The number of aliphatic hydroxyl groups is 2. The molecule has 5 rings (SSSR count). The van der Waals surface area contributed by atoms with E-state index >= 15 is 0 Å². The molecule has 1 saturated heterocycles. The Bertz CT molecular complexity index is 1070. The van der Waals surface area contributed by atoms with E-state index in [1.807, 2.05) is 31.2 Å². The summed E-state index contributed by atoms with van der Waals surface area (Å²) in [4.78, 5) is 8.53. The van der Waals surface area contributed by atoms with Crippen molar-refractivity contribution in [2.24, 2.45) is 0 Å². The molecule has 2 N–H and O–H groups in total. The van der Waals surface area contributed by atoms with E-state index in [1.54, 1.807) is 17.7 Å². The molecule has 7 nitrogen and oxygen atoms in total. The minimum Gasteiger partial charge on any atom is -0.387 e. The van der Waals surface area contributed by atoms with Crippen molar-refractivity contribution in [3.05, 3.63) is 58.6 Å². The fraction of sp³-hybridized carbons (Fsp3) is 0.400. The van der Waals surface area contributed by atoms with Crippen LogP contribution < -0.4 is 0 Å². The molecule has 0 saturated carbocycles. The molecule has 146 valence electrons. The number of rotatable bonds is 2. The quantitative estimate of drug-likeness (QED) is 0.686. The molecule has 0 spiro atoms. The van der Waals surface area contributed by atoms with Gasteiger partial charge in [-0.05, 0) is 43.2 Å². The Labute approximate surface area is 166 Å². The number of benzene rings is 1. The Morgan fingerprint density at radius 2 is 2.07 bits per heavy atom. The van der Waals surface area contributed by atoms with Crippen LogP contribution in [-0.2, 0) is 16.1 Å². The summed E-state index contributed by atoms with van der Waals surface area (Å²) in [5, 5.41) is 23.2. The number of fused-ring (bicyclic) bond motifs is 2. The summed E-state index contributed by atoms with van der Waals surface area (Å²) >= 11 is 6.17. The van der Waals surface area contributed by atoms with Crippen LogP contribution in [0.15, 0.2) is 36.8 Å². The zero-order valence-corrected chi connectivity index (χ0v) is 16.2. The predicted molar refractivity (Wildman–Crippen MR) is 102 cm³/mol. The fourth-order valence-corrected chi connectivity index (χ4v) is 4.49. The van der Waals surface area contributed by atoms with E-state index in [4.69, 9.17) is 21.1 Å². The Morgan fingerprint density at radius 1 is 1.25 bits per heavy atom. The molecule has 5 atom stereocenters. The largest absolute Gasteiger partial charge is 0.387 e. The maximum atomic E-state index is 10.9. The molecule has 2 aliphatic rings. The number of hydrogen-bond donors (Lipinski definition) is 2. The first-order chi connectivity index (χ1) is 13.4. The van der Waals surface area contributed by atoms with Gasteiger partial charge in [0.15, 0.2) is 6.23 Å². The summed E-state index contributed by atoms with van der Waals surface area (Å²) in [6.45, 7) is 4.06. The van der Waals surface area contributed by atoms with Crippen molar-refractivity contribution in [3.63, 3.8) is 0 Å². The van der Waals surface area contributed by atoms with Crippen LogP contribution in [0.4, 0.5) is 0 Å². The Hall–Kier alpha value is -2.03. The van der Waals surface area contributed by atoms with Crippen LogP contribution >= 0.6 is 11.6 Å². The van der Waals surface area contributed by atoms with Gasteiger partial charge in [-0.2, -0.15) is 0 Å². The average Bonchev–Trinajstić information content (AvgIpc) is 3.34. The fourth-order valence-electron chi connectivity index (χ4n) is 4.31. The number of ether oxygens (including phenoxy) is 2. The number of aliphatic hydroxyl groups excluding tert-OH is 2. The number of nitrogens with zero attached hydrogens (tertiary/aromatic N) is 3. The zero-order chi connectivity index (χ0) is 19.6. The molecule has 0 unspecified atom stereocenters. The van der Waals surface area contributed by atoms with E-state index in [1.165, 1.54) is 6.33 Å². The lowest BCUT2D eigenvalue weighted by Crippen LogP contribution is -2.45. The van der Waals surface area contributed by atoms with Crippen LogP contribution in [-0.4, -0.2) is 42.6 Å². The third-order valence-corrected chi connectivity index (χ3v) is 6.11. The van der Waals surface area contributed by atoms with Gasteiger partial charge in [-0.15, -0.1) is 0 Å². The van der Waals surface area contributed by atoms with E-state index in [0.29, 0.717) is 17.3 Å². The third-order valence-electron chi connectivity index (χ3n) is 5.88. The molecule has 2 aromatic heterocycles. The number of halogens is 1. The first kappa shape index (κ1) is 18.0. The molecule has 3 aromatic rings. The minimum absolute atomic E-state index is 0.405. The van der Waals surface area contributed by atoms with Crippen molar-refractivity contribution in [3.8, 4) is 0 Å². The van der Waals surface area contributed by atoms with Gasteiger partial charge < -0.3 is 24.3 Å². The number of hydrogen-bond acceptors (Lipinski definition) is 6. The Balaban J connectivity index is 1.55. The van der Waals surface area contributed by atoms with Crippen molar-refractivity contribution >= 4 is 22.6 Å². The first-order valence-electron chi connectivity index (χ1n) is 9.12. The molecule has 4 heterocycles. The monoisotopic (exact) mass is 401 g/mol. The number of aromatic nitrogens is 3. The van der Waals surface area contributed by atoms with Gasteiger partial charge in [0, 0.05) is 16.6 Å². The molecular formula is C20H20ClN3O4. The van der Waals surface area contributed by atoms with Crippen LogP contribution in [0.3, 0.4) is 0 Å². The predicted octanol–water partition coefficient (Wildman–Crippen LogP) is 2.67. The van der Waals surface area contributed by atoms with Gasteiger partial charge in [-0.3, -0.25) is 0 Å². The molecule has 0 amide bonds. The highest BCUT2D eigenvalue weighted by atomic mass is 35.5. The maximum absolute atomic E-state index is 10.9. The van der Waals surface area contributed by atoms with Crippen LogP contribution in [0, 0.1) is 6.92 Å². The first-order valence-corrected chi connectivity index (χ1v) is 9.50. The molecule has 0 bridgehead atoms. The van der Waals surface area contributed by atoms with Gasteiger partial charge in [-0.1, -0.05) is 17.7 Å². The summed E-state index contributed by atoms with van der Waals surface area (Å²) in [6.07, 6.45) is -0.397. The highest BCUT2D eigenvalue weighted by Gasteiger charge is 2.58. The highest BCUT2D eigenvalue weighted by molar-refractivity contribution is 6.30. The van der Waals surface area contributed by atoms with Gasteiger partial charge in [0.05, 0.1) is 12.3 Å². The summed E-state index contributed by atoms with van der Waals surface area (Å²) in [6, 6.07) is 7.43. The van der Waals surface area contributed by atoms with Crippen LogP contribution in [0.25, 0.3) is 11.0 Å². The van der Waals surface area contributed by atoms with Crippen molar-refractivity contribution in [1.82, 2.24) is 14.5 Å². The lowest BCUT2D eigenvalue weighted by molar-refractivity contribution is -0.168. The molecule has 8 heteroatoms.